The Balaban J connectivity index is 1.65. The van der Waals surface area contributed by atoms with Crippen LogP contribution in [0.15, 0.2) is 34.3 Å². The van der Waals surface area contributed by atoms with E-state index in [1.54, 1.807) is 24.3 Å². The first kappa shape index (κ1) is 17.3. The minimum absolute atomic E-state index is 0.0557. The SMILES string of the molecule is CCn1c(SCCS(=O)(=O)c2cccc(OC)c2)nnc1C1CC1. The molecule has 1 aliphatic rings. The third kappa shape index (κ3) is 3.75. The predicted octanol–water partition coefficient (Wildman–Crippen LogP) is 2.75. The largest absolute Gasteiger partial charge is 0.497 e. The van der Waals surface area contributed by atoms with Crippen molar-refractivity contribution in [2.45, 2.75) is 42.3 Å². The number of rotatable bonds is 8. The lowest BCUT2D eigenvalue weighted by Crippen LogP contribution is -2.10. The average molecular weight is 367 g/mol. The molecule has 0 aliphatic heterocycles. The number of hydrogen-bond donors (Lipinski definition) is 0. The van der Waals surface area contributed by atoms with Crippen LogP contribution < -0.4 is 4.74 Å². The number of thioether (sulfide) groups is 1. The summed E-state index contributed by atoms with van der Waals surface area (Å²) in [5.74, 6) is 2.62. The van der Waals surface area contributed by atoms with Gasteiger partial charge in [-0.1, -0.05) is 17.8 Å². The van der Waals surface area contributed by atoms with Gasteiger partial charge in [0.1, 0.15) is 11.6 Å². The van der Waals surface area contributed by atoms with Gasteiger partial charge in [0.2, 0.25) is 0 Å². The zero-order valence-corrected chi connectivity index (χ0v) is 15.4. The van der Waals surface area contributed by atoms with Crippen LogP contribution in [-0.2, 0) is 16.4 Å². The second kappa shape index (κ2) is 7.14. The first-order chi connectivity index (χ1) is 11.5. The van der Waals surface area contributed by atoms with Gasteiger partial charge in [-0.3, -0.25) is 0 Å². The smallest absolute Gasteiger partial charge is 0.191 e. The molecule has 8 heteroatoms. The summed E-state index contributed by atoms with van der Waals surface area (Å²) in [4.78, 5) is 0.290. The van der Waals surface area contributed by atoms with Crippen LogP contribution in [0.2, 0.25) is 0 Å². The molecule has 24 heavy (non-hydrogen) atoms. The van der Waals surface area contributed by atoms with Gasteiger partial charge in [0.05, 0.1) is 17.8 Å². The Kier molecular flexibility index (Phi) is 5.15. The second-order valence-electron chi connectivity index (χ2n) is 5.71. The zero-order valence-electron chi connectivity index (χ0n) is 13.8. The van der Waals surface area contributed by atoms with E-state index < -0.39 is 9.84 Å². The van der Waals surface area contributed by atoms with Crippen LogP contribution >= 0.6 is 11.8 Å². The Hall–Kier alpha value is -1.54. The fourth-order valence-electron chi connectivity index (χ4n) is 2.50. The molecule has 0 atom stereocenters. The summed E-state index contributed by atoms with van der Waals surface area (Å²) in [5, 5.41) is 9.31. The standard InChI is InChI=1S/C16H21N3O3S2/c1-3-19-15(12-7-8-12)17-18-16(19)23-9-10-24(20,21)14-6-4-5-13(11-14)22-2/h4-6,11-12H,3,7-10H2,1-2H3. The van der Waals surface area contributed by atoms with E-state index in [9.17, 15) is 8.42 Å². The number of sulfone groups is 1. The lowest BCUT2D eigenvalue weighted by Gasteiger charge is -2.08. The minimum atomic E-state index is -3.34. The Bertz CT molecular complexity index is 814. The maximum absolute atomic E-state index is 12.5. The quantitative estimate of drug-likeness (QED) is 0.668. The number of benzene rings is 1. The topological polar surface area (TPSA) is 74.1 Å². The van der Waals surface area contributed by atoms with Crippen molar-refractivity contribution >= 4 is 21.6 Å². The lowest BCUT2D eigenvalue weighted by atomic mass is 10.3. The first-order valence-corrected chi connectivity index (χ1v) is 10.6. The normalized spacial score (nSPS) is 14.8. The van der Waals surface area contributed by atoms with Gasteiger partial charge in [-0.25, -0.2) is 8.42 Å². The number of methoxy groups -OCH3 is 1. The Morgan fingerprint density at radius 3 is 2.79 bits per heavy atom. The van der Waals surface area contributed by atoms with Crippen molar-refractivity contribution in [3.8, 4) is 5.75 Å². The van der Waals surface area contributed by atoms with Gasteiger partial charge in [-0.15, -0.1) is 10.2 Å². The molecule has 0 N–H and O–H groups in total. The highest BCUT2D eigenvalue weighted by molar-refractivity contribution is 8.00. The summed E-state index contributed by atoms with van der Waals surface area (Å²) in [6, 6.07) is 6.58. The molecule has 0 spiro atoms. The van der Waals surface area contributed by atoms with E-state index >= 15 is 0 Å². The van der Waals surface area contributed by atoms with Crippen LogP contribution in [0.3, 0.4) is 0 Å². The number of aromatic nitrogens is 3. The van der Waals surface area contributed by atoms with E-state index in [-0.39, 0.29) is 10.6 Å². The van der Waals surface area contributed by atoms with Crippen LogP contribution in [0, 0.1) is 0 Å². The molecule has 2 aromatic rings. The summed E-state index contributed by atoms with van der Waals surface area (Å²) in [6.07, 6.45) is 2.35. The van der Waals surface area contributed by atoms with E-state index in [1.165, 1.54) is 31.7 Å². The maximum Gasteiger partial charge on any atom is 0.191 e. The summed E-state index contributed by atoms with van der Waals surface area (Å²) in [7, 11) is -1.81. The van der Waals surface area contributed by atoms with E-state index in [1.807, 2.05) is 0 Å². The van der Waals surface area contributed by atoms with Crippen LogP contribution in [-0.4, -0.2) is 41.8 Å². The molecule has 1 aromatic heterocycles. The van der Waals surface area contributed by atoms with Gasteiger partial charge >= 0.3 is 0 Å². The van der Waals surface area contributed by atoms with E-state index in [2.05, 4.69) is 21.7 Å². The fraction of sp³-hybridized carbons (Fsp3) is 0.500. The number of hydrogen-bond acceptors (Lipinski definition) is 6. The monoisotopic (exact) mass is 367 g/mol. The van der Waals surface area contributed by atoms with Gasteiger partial charge in [0, 0.05) is 18.2 Å². The Morgan fingerprint density at radius 2 is 2.12 bits per heavy atom. The summed E-state index contributed by atoms with van der Waals surface area (Å²) in [5.41, 5.74) is 0. The van der Waals surface area contributed by atoms with Crippen LogP contribution in [0.5, 0.6) is 5.75 Å². The van der Waals surface area contributed by atoms with Gasteiger partial charge in [0.25, 0.3) is 0 Å². The van der Waals surface area contributed by atoms with Gasteiger partial charge in [-0.05, 0) is 38.0 Å². The molecular formula is C16H21N3O3S2. The Labute approximate surface area is 146 Å². The minimum Gasteiger partial charge on any atom is -0.497 e. The molecule has 0 unspecified atom stereocenters. The molecule has 1 fully saturated rings. The Morgan fingerprint density at radius 1 is 1.33 bits per heavy atom. The highest BCUT2D eigenvalue weighted by atomic mass is 32.2. The maximum atomic E-state index is 12.5. The molecular weight excluding hydrogens is 346 g/mol. The van der Waals surface area contributed by atoms with Crippen molar-refractivity contribution in [1.29, 1.82) is 0 Å². The third-order valence-electron chi connectivity index (χ3n) is 3.99. The van der Waals surface area contributed by atoms with E-state index in [0.717, 1.165) is 17.5 Å². The molecule has 1 heterocycles. The molecule has 0 bridgehead atoms. The van der Waals surface area contributed by atoms with Crippen molar-refractivity contribution in [3.05, 3.63) is 30.1 Å². The van der Waals surface area contributed by atoms with Crippen LogP contribution in [0.1, 0.15) is 31.5 Å². The highest BCUT2D eigenvalue weighted by Crippen LogP contribution is 2.40. The summed E-state index contributed by atoms with van der Waals surface area (Å²) < 4.78 is 32.1. The van der Waals surface area contributed by atoms with Crippen LogP contribution in [0.25, 0.3) is 0 Å². The first-order valence-electron chi connectivity index (χ1n) is 7.98. The van der Waals surface area contributed by atoms with Crippen molar-refractivity contribution < 1.29 is 13.2 Å². The highest BCUT2D eigenvalue weighted by Gasteiger charge is 2.30. The molecule has 6 nitrogen and oxygen atoms in total. The van der Waals surface area contributed by atoms with E-state index in [4.69, 9.17) is 4.74 Å². The van der Waals surface area contributed by atoms with Crippen molar-refractivity contribution in [2.75, 3.05) is 18.6 Å². The molecule has 0 saturated heterocycles. The van der Waals surface area contributed by atoms with Crippen LogP contribution in [0.4, 0.5) is 0 Å². The van der Waals surface area contributed by atoms with Gasteiger partial charge < -0.3 is 9.30 Å². The third-order valence-corrected chi connectivity index (χ3v) is 6.93. The van der Waals surface area contributed by atoms with Crippen molar-refractivity contribution in [3.63, 3.8) is 0 Å². The zero-order chi connectivity index (χ0) is 17.2. The molecule has 0 radical (unpaired) electrons. The lowest BCUT2D eigenvalue weighted by molar-refractivity contribution is 0.413. The van der Waals surface area contributed by atoms with E-state index in [0.29, 0.717) is 17.4 Å². The molecule has 3 rings (SSSR count). The number of ether oxygens (including phenoxy) is 1. The summed E-state index contributed by atoms with van der Waals surface area (Å²) >= 11 is 1.45. The molecule has 130 valence electrons. The van der Waals surface area contributed by atoms with Crippen molar-refractivity contribution in [1.82, 2.24) is 14.8 Å². The molecule has 1 aliphatic carbocycles. The van der Waals surface area contributed by atoms with Crippen molar-refractivity contribution in [2.24, 2.45) is 0 Å². The second-order valence-corrected chi connectivity index (χ2v) is 8.88. The number of nitrogens with zero attached hydrogens (tertiary/aromatic N) is 3. The average Bonchev–Trinajstić information content (AvgIpc) is 3.35. The fourth-order valence-corrected chi connectivity index (χ4v) is 5.19. The van der Waals surface area contributed by atoms with Gasteiger partial charge in [-0.2, -0.15) is 0 Å². The molecule has 0 amide bonds. The predicted molar refractivity (Wildman–Crippen MR) is 93.4 cm³/mol. The summed E-state index contributed by atoms with van der Waals surface area (Å²) in [6.45, 7) is 2.87. The molecule has 1 saturated carbocycles. The van der Waals surface area contributed by atoms with Gasteiger partial charge in [0.15, 0.2) is 15.0 Å². The molecule has 1 aromatic carbocycles.